The topological polar surface area (TPSA) is 102 Å². The summed E-state index contributed by atoms with van der Waals surface area (Å²) in [5, 5.41) is 0. The maximum Gasteiger partial charge on any atom is 0.469 e. The summed E-state index contributed by atoms with van der Waals surface area (Å²) in [5.74, 6) is -0.557. The zero-order chi connectivity index (χ0) is 24.6. The monoisotopic (exact) mass is 486 g/mol. The first-order chi connectivity index (χ1) is 15.8. The fourth-order valence-electron chi connectivity index (χ4n) is 2.77. The molecule has 0 saturated heterocycles. The van der Waals surface area contributed by atoms with Gasteiger partial charge in [-0.3, -0.25) is 9.32 Å². The van der Waals surface area contributed by atoms with Gasteiger partial charge in [-0.1, -0.05) is 68.4 Å². The predicted octanol–water partition coefficient (Wildman–Crippen LogP) is 6.19. The SMILES string of the molecule is CCCCCC=CCC=CCC=CCC=CCCCCOCC(COP(=O)(O)O)OC(C)=O. The standard InChI is InChI=1S/C25H43O7P/c1-3-4-5-6-7-8-9-10-11-12-13-14-15-16-17-18-19-20-21-30-22-25(32-24(2)26)23-31-33(27,28)29/h7-8,10-11,13-14,16-17,25H,3-6,9,12,15,18-23H2,1-2H3,(H2,27,28,29). The quantitative estimate of drug-likeness (QED) is 0.0863. The van der Waals surface area contributed by atoms with Gasteiger partial charge in [0.15, 0.2) is 0 Å². The molecule has 2 N–H and O–H groups in total. The van der Waals surface area contributed by atoms with Gasteiger partial charge in [-0.25, -0.2) is 4.57 Å². The third-order valence-electron chi connectivity index (χ3n) is 4.43. The van der Waals surface area contributed by atoms with Gasteiger partial charge in [0, 0.05) is 13.5 Å². The minimum absolute atomic E-state index is 0.0317. The van der Waals surface area contributed by atoms with E-state index in [4.69, 9.17) is 19.3 Å². The molecule has 0 fully saturated rings. The summed E-state index contributed by atoms with van der Waals surface area (Å²) in [6, 6.07) is 0. The van der Waals surface area contributed by atoms with Crippen LogP contribution in [0.1, 0.15) is 78.1 Å². The van der Waals surface area contributed by atoms with Gasteiger partial charge in [0.1, 0.15) is 6.10 Å². The Morgan fingerprint density at radius 2 is 1.33 bits per heavy atom. The molecule has 190 valence electrons. The summed E-state index contributed by atoms with van der Waals surface area (Å²) >= 11 is 0. The third-order valence-corrected chi connectivity index (χ3v) is 4.92. The van der Waals surface area contributed by atoms with Crippen LogP contribution >= 0.6 is 7.82 Å². The van der Waals surface area contributed by atoms with Crippen molar-refractivity contribution in [2.45, 2.75) is 84.2 Å². The molecule has 0 bridgehead atoms. The molecule has 0 amide bonds. The van der Waals surface area contributed by atoms with Crippen molar-refractivity contribution in [2.75, 3.05) is 19.8 Å². The predicted molar refractivity (Wildman–Crippen MR) is 133 cm³/mol. The molecule has 0 aliphatic heterocycles. The Morgan fingerprint density at radius 1 is 0.818 bits per heavy atom. The van der Waals surface area contributed by atoms with Crippen molar-refractivity contribution in [2.24, 2.45) is 0 Å². The van der Waals surface area contributed by atoms with E-state index in [2.05, 4.69) is 60.1 Å². The molecular formula is C25H43O7P. The lowest BCUT2D eigenvalue weighted by molar-refractivity contribution is -0.151. The molecule has 0 aromatic rings. The van der Waals surface area contributed by atoms with E-state index in [0.29, 0.717) is 6.61 Å². The van der Waals surface area contributed by atoms with Gasteiger partial charge in [0.05, 0.1) is 13.2 Å². The van der Waals surface area contributed by atoms with Crippen molar-refractivity contribution in [3.05, 3.63) is 48.6 Å². The smallest absolute Gasteiger partial charge is 0.458 e. The molecule has 0 saturated carbocycles. The van der Waals surface area contributed by atoms with E-state index in [1.54, 1.807) is 0 Å². The maximum atomic E-state index is 11.0. The highest BCUT2D eigenvalue weighted by molar-refractivity contribution is 7.46. The normalized spacial score (nSPS) is 13.7. The molecule has 1 unspecified atom stereocenters. The van der Waals surface area contributed by atoms with Gasteiger partial charge in [-0.15, -0.1) is 0 Å². The van der Waals surface area contributed by atoms with Gasteiger partial charge in [-0.2, -0.15) is 0 Å². The van der Waals surface area contributed by atoms with E-state index in [1.165, 1.54) is 32.6 Å². The molecule has 33 heavy (non-hydrogen) atoms. The molecule has 1 atom stereocenters. The summed E-state index contributed by atoms with van der Waals surface area (Å²) in [5.41, 5.74) is 0. The van der Waals surface area contributed by atoms with Gasteiger partial charge in [-0.05, 0) is 51.4 Å². The van der Waals surface area contributed by atoms with E-state index in [0.717, 1.165) is 38.5 Å². The fraction of sp³-hybridized carbons (Fsp3) is 0.640. The minimum atomic E-state index is -4.61. The Kier molecular flexibility index (Phi) is 21.3. The number of rotatable bonds is 21. The van der Waals surface area contributed by atoms with Crippen LogP contribution in [0.2, 0.25) is 0 Å². The largest absolute Gasteiger partial charge is 0.469 e. The highest BCUT2D eigenvalue weighted by Gasteiger charge is 2.20. The van der Waals surface area contributed by atoms with Gasteiger partial charge in [0.25, 0.3) is 0 Å². The lowest BCUT2D eigenvalue weighted by Gasteiger charge is -2.17. The van der Waals surface area contributed by atoms with Crippen LogP contribution < -0.4 is 0 Å². The first-order valence-corrected chi connectivity index (χ1v) is 13.4. The lowest BCUT2D eigenvalue weighted by atomic mass is 10.2. The van der Waals surface area contributed by atoms with Crippen molar-refractivity contribution in [1.82, 2.24) is 0 Å². The zero-order valence-electron chi connectivity index (χ0n) is 20.3. The lowest BCUT2D eigenvalue weighted by Crippen LogP contribution is -2.27. The zero-order valence-corrected chi connectivity index (χ0v) is 21.2. The summed E-state index contributed by atoms with van der Waals surface area (Å²) in [6.45, 7) is 3.54. The summed E-state index contributed by atoms with van der Waals surface area (Å²) in [6.07, 6.45) is 27.4. The number of carbonyl (C=O) groups excluding carboxylic acids is 1. The summed E-state index contributed by atoms with van der Waals surface area (Å²) in [7, 11) is -4.61. The van der Waals surface area contributed by atoms with E-state index < -0.39 is 26.5 Å². The van der Waals surface area contributed by atoms with Crippen LogP contribution in [0.4, 0.5) is 0 Å². The van der Waals surface area contributed by atoms with E-state index in [1.807, 2.05) is 0 Å². The van der Waals surface area contributed by atoms with Crippen molar-refractivity contribution < 1.29 is 33.1 Å². The number of carbonyl (C=O) groups is 1. The maximum absolute atomic E-state index is 11.0. The average Bonchev–Trinajstić information content (AvgIpc) is 2.75. The number of phosphoric ester groups is 1. The van der Waals surface area contributed by atoms with Crippen LogP contribution in [0.25, 0.3) is 0 Å². The number of hydrogen-bond donors (Lipinski definition) is 2. The highest BCUT2D eigenvalue weighted by atomic mass is 31.2. The fourth-order valence-corrected chi connectivity index (χ4v) is 3.13. The second-order valence-electron chi connectivity index (χ2n) is 7.68. The molecule has 0 aliphatic rings. The van der Waals surface area contributed by atoms with Crippen LogP contribution in [0.5, 0.6) is 0 Å². The molecule has 0 aromatic heterocycles. The number of allylic oxidation sites excluding steroid dienone is 8. The Hall–Kier alpha value is -1.50. The molecule has 0 spiro atoms. The van der Waals surface area contributed by atoms with Gasteiger partial charge < -0.3 is 19.3 Å². The van der Waals surface area contributed by atoms with E-state index >= 15 is 0 Å². The van der Waals surface area contributed by atoms with Crippen LogP contribution in [-0.2, 0) is 23.4 Å². The summed E-state index contributed by atoms with van der Waals surface area (Å²) < 4.78 is 25.5. The number of phosphoric acid groups is 1. The molecule has 0 aromatic carbocycles. The Morgan fingerprint density at radius 3 is 1.82 bits per heavy atom. The molecular weight excluding hydrogens is 443 g/mol. The van der Waals surface area contributed by atoms with Gasteiger partial charge in [0.2, 0.25) is 0 Å². The van der Waals surface area contributed by atoms with Crippen LogP contribution in [0.15, 0.2) is 48.6 Å². The van der Waals surface area contributed by atoms with Crippen molar-refractivity contribution in [3.63, 3.8) is 0 Å². The van der Waals surface area contributed by atoms with Crippen LogP contribution in [-0.4, -0.2) is 41.7 Å². The molecule has 0 rings (SSSR count). The van der Waals surface area contributed by atoms with Crippen molar-refractivity contribution in [3.8, 4) is 0 Å². The Labute approximate surface area is 199 Å². The third kappa shape index (κ3) is 26.6. The Bertz CT molecular complexity index is 635. The molecule has 7 nitrogen and oxygen atoms in total. The highest BCUT2D eigenvalue weighted by Crippen LogP contribution is 2.35. The molecule has 0 heterocycles. The minimum Gasteiger partial charge on any atom is -0.458 e. The number of ether oxygens (including phenoxy) is 2. The van der Waals surface area contributed by atoms with E-state index in [-0.39, 0.29) is 6.61 Å². The molecule has 8 heteroatoms. The first kappa shape index (κ1) is 31.5. The first-order valence-electron chi connectivity index (χ1n) is 11.9. The second-order valence-corrected chi connectivity index (χ2v) is 8.92. The van der Waals surface area contributed by atoms with Crippen molar-refractivity contribution >= 4 is 13.8 Å². The summed E-state index contributed by atoms with van der Waals surface area (Å²) in [4.78, 5) is 28.5. The van der Waals surface area contributed by atoms with Crippen LogP contribution in [0, 0.1) is 0 Å². The van der Waals surface area contributed by atoms with Crippen molar-refractivity contribution in [1.29, 1.82) is 0 Å². The Balaban J connectivity index is 3.68. The van der Waals surface area contributed by atoms with E-state index in [9.17, 15) is 9.36 Å². The van der Waals surface area contributed by atoms with Crippen LogP contribution in [0.3, 0.4) is 0 Å². The molecule has 0 aliphatic carbocycles. The number of esters is 1. The second kappa shape index (κ2) is 22.3. The number of unbranched alkanes of at least 4 members (excludes halogenated alkanes) is 5. The average molecular weight is 487 g/mol. The number of hydrogen-bond acceptors (Lipinski definition) is 5. The molecule has 0 radical (unpaired) electrons. The van der Waals surface area contributed by atoms with Gasteiger partial charge >= 0.3 is 13.8 Å².